The molecule has 0 bridgehead atoms. The molecule has 0 aliphatic rings. The summed E-state index contributed by atoms with van der Waals surface area (Å²) in [7, 11) is -2.87. The third-order valence-corrected chi connectivity index (χ3v) is 1.04. The average molecular weight is 182 g/mol. The maximum absolute atomic E-state index is 10.0. The number of rotatable bonds is 0. The molecule has 3 N–H and O–H groups in total. The third-order valence-electron chi connectivity index (χ3n) is 0.447. The zero-order valence-corrected chi connectivity index (χ0v) is 6.43. The number of H-pyrrole nitrogens is 1. The molecule has 0 fully saturated rings. The van der Waals surface area contributed by atoms with Crippen molar-refractivity contribution in [3.63, 3.8) is 0 Å². The predicted molar refractivity (Wildman–Crippen MR) is 37.0 cm³/mol. The smallest absolute Gasteiger partial charge is 0.278 e. The van der Waals surface area contributed by atoms with E-state index in [1.165, 1.54) is 17.6 Å². The standard InChI is InChI=1S/C3H3NOS.HO3P/c5-3-1-2-6-4-3;1-4(2)3/h1-2H,(H,4,5);(H-,1,2,3)/p+1. The van der Waals surface area contributed by atoms with Gasteiger partial charge in [-0.2, -0.15) is 0 Å². The summed E-state index contributed by atoms with van der Waals surface area (Å²) in [6, 6.07) is 1.49. The molecule has 0 saturated carbocycles. The van der Waals surface area contributed by atoms with E-state index in [4.69, 9.17) is 14.4 Å². The quantitative estimate of drug-likeness (QED) is 0.495. The van der Waals surface area contributed by atoms with Gasteiger partial charge in [0.25, 0.3) is 5.56 Å². The topological polar surface area (TPSA) is 90.4 Å². The third kappa shape index (κ3) is 7.45. The first-order valence-corrected chi connectivity index (χ1v) is 4.14. The van der Waals surface area contributed by atoms with Crippen molar-refractivity contribution < 1.29 is 14.4 Å². The van der Waals surface area contributed by atoms with E-state index in [-0.39, 0.29) is 5.56 Å². The second-order valence-electron chi connectivity index (χ2n) is 1.14. The number of hydrogen-bond acceptors (Lipinski definition) is 3. The minimum atomic E-state index is -2.87. The minimum absolute atomic E-state index is 0.0139. The van der Waals surface area contributed by atoms with E-state index in [1.54, 1.807) is 5.38 Å². The molecule has 0 atom stereocenters. The van der Waals surface area contributed by atoms with Crippen LogP contribution in [0.2, 0.25) is 0 Å². The highest BCUT2D eigenvalue weighted by atomic mass is 32.1. The molecule has 5 nitrogen and oxygen atoms in total. The summed E-state index contributed by atoms with van der Waals surface area (Å²) in [5.74, 6) is 0. The van der Waals surface area contributed by atoms with Gasteiger partial charge in [0, 0.05) is 16.0 Å². The second kappa shape index (κ2) is 5.25. The first kappa shape index (κ1) is 9.45. The Morgan fingerprint density at radius 1 is 1.60 bits per heavy atom. The lowest BCUT2D eigenvalue weighted by Crippen LogP contribution is -1.90. The molecule has 0 spiro atoms. The summed E-state index contributed by atoms with van der Waals surface area (Å²) in [6.07, 6.45) is 0. The lowest BCUT2D eigenvalue weighted by atomic mass is 10.8. The van der Waals surface area contributed by atoms with Gasteiger partial charge in [-0.1, -0.05) is 11.5 Å². The number of nitrogens with one attached hydrogen (secondary N) is 1. The second-order valence-corrected chi connectivity index (χ2v) is 2.36. The summed E-state index contributed by atoms with van der Waals surface area (Å²) < 4.78 is 11.2. The molecule has 0 aliphatic heterocycles. The number of hydrogen-bond donors (Lipinski definition) is 3. The van der Waals surface area contributed by atoms with Crippen LogP contribution in [0, 0.1) is 0 Å². The van der Waals surface area contributed by atoms with Crippen LogP contribution in [0.15, 0.2) is 16.2 Å². The van der Waals surface area contributed by atoms with Crippen LogP contribution >= 0.6 is 19.8 Å². The van der Waals surface area contributed by atoms with Gasteiger partial charge in [-0.3, -0.25) is 9.17 Å². The highest BCUT2D eigenvalue weighted by Crippen LogP contribution is 1.98. The molecule has 0 amide bonds. The fourth-order valence-electron chi connectivity index (χ4n) is 0.222. The Labute approximate surface area is 61.1 Å². The highest BCUT2D eigenvalue weighted by molar-refractivity contribution is 7.30. The van der Waals surface area contributed by atoms with Crippen LogP contribution in [0.5, 0.6) is 0 Å². The normalized spacial score (nSPS) is 7.80. The van der Waals surface area contributed by atoms with Crippen molar-refractivity contribution in [3.05, 3.63) is 21.8 Å². The van der Waals surface area contributed by atoms with Gasteiger partial charge in [0.1, 0.15) is 0 Å². The fraction of sp³-hybridized carbons (Fsp3) is 0. The Morgan fingerprint density at radius 2 is 2.10 bits per heavy atom. The zero-order valence-electron chi connectivity index (χ0n) is 4.72. The zero-order chi connectivity index (χ0) is 7.98. The monoisotopic (exact) mass is 182 g/mol. The predicted octanol–water partition coefficient (Wildman–Crippen LogP) is 0.0648. The van der Waals surface area contributed by atoms with Gasteiger partial charge >= 0.3 is 8.25 Å². The van der Waals surface area contributed by atoms with Crippen LogP contribution in [0.1, 0.15) is 0 Å². The maximum Gasteiger partial charge on any atom is 0.692 e. The lowest BCUT2D eigenvalue weighted by molar-refractivity contribution is 0.405. The fourth-order valence-corrected chi connectivity index (χ4v) is 0.666. The van der Waals surface area contributed by atoms with E-state index < -0.39 is 8.25 Å². The van der Waals surface area contributed by atoms with Gasteiger partial charge in [0.05, 0.1) is 0 Å². The minimum Gasteiger partial charge on any atom is -0.278 e. The Hall–Kier alpha value is -0.550. The molecule has 0 aliphatic carbocycles. The summed E-state index contributed by atoms with van der Waals surface area (Å²) in [4.78, 5) is 24.3. The van der Waals surface area contributed by atoms with E-state index in [0.29, 0.717) is 0 Å². The van der Waals surface area contributed by atoms with Crippen LogP contribution in [0.3, 0.4) is 0 Å². The molecule has 1 aromatic heterocycles. The Kier molecular flexibility index (Phi) is 4.96. The van der Waals surface area contributed by atoms with Crippen molar-refractivity contribution in [3.8, 4) is 0 Å². The lowest BCUT2D eigenvalue weighted by Gasteiger charge is -1.49. The van der Waals surface area contributed by atoms with Crippen molar-refractivity contribution >= 4 is 19.8 Å². The van der Waals surface area contributed by atoms with Crippen LogP contribution < -0.4 is 5.56 Å². The van der Waals surface area contributed by atoms with Crippen LogP contribution in [-0.4, -0.2) is 14.2 Å². The van der Waals surface area contributed by atoms with E-state index in [2.05, 4.69) is 4.37 Å². The molecule has 0 radical (unpaired) electrons. The van der Waals surface area contributed by atoms with Crippen molar-refractivity contribution in [2.75, 3.05) is 0 Å². The van der Waals surface area contributed by atoms with Crippen molar-refractivity contribution in [2.24, 2.45) is 0 Å². The molecule has 0 saturated heterocycles. The first-order chi connectivity index (χ1) is 4.63. The summed E-state index contributed by atoms with van der Waals surface area (Å²) >= 11 is 1.30. The molecule has 0 unspecified atom stereocenters. The Balaban J connectivity index is 0.000000180. The van der Waals surface area contributed by atoms with Gasteiger partial charge in [-0.15, -0.1) is 9.79 Å². The average Bonchev–Trinajstić information content (AvgIpc) is 2.15. The molecule has 1 rings (SSSR count). The van der Waals surface area contributed by atoms with Crippen LogP contribution in [0.4, 0.5) is 0 Å². The van der Waals surface area contributed by atoms with Crippen LogP contribution in [-0.2, 0) is 4.57 Å². The number of aromatic nitrogens is 1. The van der Waals surface area contributed by atoms with Gasteiger partial charge in [0.15, 0.2) is 0 Å². The SMILES string of the molecule is O=[P+](O)O.O=c1ccs[nH]1. The summed E-state index contributed by atoms with van der Waals surface area (Å²) in [5.41, 5.74) is -0.0139. The molecular formula is C3H5NO4PS+. The summed E-state index contributed by atoms with van der Waals surface area (Å²) in [6.45, 7) is 0. The van der Waals surface area contributed by atoms with E-state index in [1.807, 2.05) is 0 Å². The molecular weight excluding hydrogens is 177 g/mol. The maximum atomic E-state index is 10.0. The number of aromatic amines is 1. The Morgan fingerprint density at radius 3 is 2.20 bits per heavy atom. The van der Waals surface area contributed by atoms with Crippen molar-refractivity contribution in [1.82, 2.24) is 4.37 Å². The molecule has 10 heavy (non-hydrogen) atoms. The summed E-state index contributed by atoms with van der Waals surface area (Å²) in [5, 5.41) is 1.71. The van der Waals surface area contributed by atoms with Gasteiger partial charge < -0.3 is 0 Å². The van der Waals surface area contributed by atoms with Crippen LogP contribution in [0.25, 0.3) is 0 Å². The van der Waals surface area contributed by atoms with Gasteiger partial charge in [-0.05, 0) is 0 Å². The van der Waals surface area contributed by atoms with E-state index in [9.17, 15) is 4.79 Å². The van der Waals surface area contributed by atoms with E-state index in [0.717, 1.165) is 0 Å². The first-order valence-electron chi connectivity index (χ1n) is 2.10. The van der Waals surface area contributed by atoms with Crippen molar-refractivity contribution in [1.29, 1.82) is 0 Å². The molecule has 56 valence electrons. The van der Waals surface area contributed by atoms with E-state index >= 15 is 0 Å². The van der Waals surface area contributed by atoms with Crippen molar-refractivity contribution in [2.45, 2.75) is 0 Å². The highest BCUT2D eigenvalue weighted by Gasteiger charge is 1.93. The molecule has 1 aromatic rings. The Bertz CT molecular complexity index is 222. The molecule has 7 heteroatoms. The molecule has 1 heterocycles. The van der Waals surface area contributed by atoms with Gasteiger partial charge in [-0.25, -0.2) is 0 Å². The van der Waals surface area contributed by atoms with Gasteiger partial charge in [0.2, 0.25) is 0 Å². The molecule has 0 aromatic carbocycles. The largest absolute Gasteiger partial charge is 0.692 e.